The SMILES string of the molecule is COCCN=C(NCCc1ccco1)NC1CCN(c2cccs2)CC1. The van der Waals surface area contributed by atoms with Gasteiger partial charge >= 0.3 is 0 Å². The highest BCUT2D eigenvalue weighted by Crippen LogP contribution is 2.24. The molecule has 1 fully saturated rings. The molecule has 6 nitrogen and oxygen atoms in total. The van der Waals surface area contributed by atoms with E-state index in [0.29, 0.717) is 19.2 Å². The van der Waals surface area contributed by atoms with Crippen LogP contribution in [-0.4, -0.2) is 51.9 Å². The number of methoxy groups -OCH3 is 1. The standard InChI is InChI=1S/C19H28N4O2S/c1-24-14-10-21-19(20-9-6-17-4-2-13-25-17)22-16-7-11-23(12-8-16)18-5-3-15-26-18/h2-5,13,15-16H,6-12,14H2,1H3,(H2,20,21,22). The maximum absolute atomic E-state index is 5.39. The Balaban J connectivity index is 1.46. The van der Waals surface area contributed by atoms with Crippen LogP contribution in [0.15, 0.2) is 45.3 Å². The molecule has 0 unspecified atom stereocenters. The van der Waals surface area contributed by atoms with Crippen molar-refractivity contribution in [2.45, 2.75) is 25.3 Å². The molecule has 3 heterocycles. The van der Waals surface area contributed by atoms with E-state index in [2.05, 4.69) is 38.0 Å². The number of ether oxygens (including phenoxy) is 1. The first-order chi connectivity index (χ1) is 12.8. The Hall–Kier alpha value is -1.99. The van der Waals surface area contributed by atoms with E-state index in [0.717, 1.165) is 50.6 Å². The number of furan rings is 1. The van der Waals surface area contributed by atoms with E-state index in [1.54, 1.807) is 13.4 Å². The summed E-state index contributed by atoms with van der Waals surface area (Å²) in [5, 5.41) is 10.5. The first kappa shape index (κ1) is 18.8. The number of piperidine rings is 1. The van der Waals surface area contributed by atoms with Gasteiger partial charge in [0.2, 0.25) is 0 Å². The molecule has 0 amide bonds. The van der Waals surface area contributed by atoms with Gasteiger partial charge < -0.3 is 24.7 Å². The van der Waals surface area contributed by atoms with Crippen molar-refractivity contribution in [2.75, 3.05) is 44.8 Å². The minimum atomic E-state index is 0.448. The van der Waals surface area contributed by atoms with Gasteiger partial charge in [-0.1, -0.05) is 0 Å². The molecule has 0 atom stereocenters. The van der Waals surface area contributed by atoms with Crippen LogP contribution in [0, 0.1) is 0 Å². The van der Waals surface area contributed by atoms with Crippen LogP contribution in [0.4, 0.5) is 5.00 Å². The third kappa shape index (κ3) is 5.78. The zero-order chi connectivity index (χ0) is 18.0. The smallest absolute Gasteiger partial charge is 0.191 e. The Morgan fingerprint density at radius 3 is 2.92 bits per heavy atom. The molecule has 2 N–H and O–H groups in total. The summed E-state index contributed by atoms with van der Waals surface area (Å²) in [5.74, 6) is 1.85. The lowest BCUT2D eigenvalue weighted by molar-refractivity contribution is 0.207. The lowest BCUT2D eigenvalue weighted by Gasteiger charge is -2.33. The van der Waals surface area contributed by atoms with Gasteiger partial charge in [-0.25, -0.2) is 0 Å². The largest absolute Gasteiger partial charge is 0.469 e. The summed E-state index contributed by atoms with van der Waals surface area (Å²) in [7, 11) is 1.70. The van der Waals surface area contributed by atoms with Gasteiger partial charge in [0.1, 0.15) is 5.76 Å². The summed E-state index contributed by atoms with van der Waals surface area (Å²) in [6, 6.07) is 8.68. The van der Waals surface area contributed by atoms with Crippen molar-refractivity contribution in [1.29, 1.82) is 0 Å². The van der Waals surface area contributed by atoms with E-state index < -0.39 is 0 Å². The Morgan fingerprint density at radius 1 is 1.35 bits per heavy atom. The second-order valence-electron chi connectivity index (χ2n) is 6.34. The van der Waals surface area contributed by atoms with Crippen LogP contribution in [0.3, 0.4) is 0 Å². The van der Waals surface area contributed by atoms with Crippen molar-refractivity contribution in [3.63, 3.8) is 0 Å². The van der Waals surface area contributed by atoms with Crippen LogP contribution in [0.25, 0.3) is 0 Å². The third-order valence-electron chi connectivity index (χ3n) is 4.46. The molecule has 1 aliphatic heterocycles. The predicted octanol–water partition coefficient (Wildman–Crippen LogP) is 2.73. The van der Waals surface area contributed by atoms with Gasteiger partial charge in [0.25, 0.3) is 0 Å². The van der Waals surface area contributed by atoms with Crippen LogP contribution in [0.1, 0.15) is 18.6 Å². The molecule has 0 saturated carbocycles. The molecule has 0 aromatic carbocycles. The van der Waals surface area contributed by atoms with Crippen molar-refractivity contribution < 1.29 is 9.15 Å². The molecule has 7 heteroatoms. The van der Waals surface area contributed by atoms with E-state index in [1.807, 2.05) is 23.5 Å². The number of rotatable bonds is 8. The molecule has 1 saturated heterocycles. The molecule has 142 valence electrons. The van der Waals surface area contributed by atoms with Gasteiger partial charge in [0.15, 0.2) is 5.96 Å². The molecular formula is C19H28N4O2S. The van der Waals surface area contributed by atoms with Crippen molar-refractivity contribution in [3.8, 4) is 0 Å². The fraction of sp³-hybridized carbons (Fsp3) is 0.526. The fourth-order valence-corrected chi connectivity index (χ4v) is 3.83. The molecule has 0 bridgehead atoms. The highest BCUT2D eigenvalue weighted by molar-refractivity contribution is 7.14. The Morgan fingerprint density at radius 2 is 2.23 bits per heavy atom. The molecule has 3 rings (SSSR count). The summed E-state index contributed by atoms with van der Waals surface area (Å²) in [5.41, 5.74) is 0. The van der Waals surface area contributed by atoms with E-state index in [9.17, 15) is 0 Å². The molecule has 0 aliphatic carbocycles. The van der Waals surface area contributed by atoms with Gasteiger partial charge in [-0.05, 0) is 42.5 Å². The Kier molecular flexibility index (Phi) is 7.39. The van der Waals surface area contributed by atoms with Crippen molar-refractivity contribution in [2.24, 2.45) is 4.99 Å². The zero-order valence-corrected chi connectivity index (χ0v) is 16.1. The second kappa shape index (κ2) is 10.2. The fourth-order valence-electron chi connectivity index (χ4n) is 3.05. The van der Waals surface area contributed by atoms with Crippen molar-refractivity contribution in [1.82, 2.24) is 10.6 Å². The first-order valence-electron chi connectivity index (χ1n) is 9.20. The maximum atomic E-state index is 5.39. The molecule has 1 aliphatic rings. The molecule has 2 aromatic heterocycles. The van der Waals surface area contributed by atoms with Crippen LogP contribution in [0.5, 0.6) is 0 Å². The minimum absolute atomic E-state index is 0.448. The van der Waals surface area contributed by atoms with Gasteiger partial charge in [0, 0.05) is 39.2 Å². The molecule has 0 spiro atoms. The summed E-state index contributed by atoms with van der Waals surface area (Å²) in [6.07, 6.45) is 4.78. The van der Waals surface area contributed by atoms with Crippen LogP contribution < -0.4 is 15.5 Å². The topological polar surface area (TPSA) is 62.0 Å². The van der Waals surface area contributed by atoms with E-state index in [-0.39, 0.29) is 0 Å². The van der Waals surface area contributed by atoms with Crippen LogP contribution in [-0.2, 0) is 11.2 Å². The number of thiophene rings is 1. The number of nitrogens with zero attached hydrogens (tertiary/aromatic N) is 2. The van der Waals surface area contributed by atoms with Crippen LogP contribution in [0.2, 0.25) is 0 Å². The minimum Gasteiger partial charge on any atom is -0.469 e. The monoisotopic (exact) mass is 376 g/mol. The first-order valence-corrected chi connectivity index (χ1v) is 10.1. The quantitative estimate of drug-likeness (QED) is 0.421. The van der Waals surface area contributed by atoms with Crippen molar-refractivity contribution >= 4 is 22.3 Å². The maximum Gasteiger partial charge on any atom is 0.191 e. The number of hydrogen-bond donors (Lipinski definition) is 2. The summed E-state index contributed by atoms with van der Waals surface area (Å²) >= 11 is 1.81. The number of anilines is 1. The number of nitrogens with one attached hydrogen (secondary N) is 2. The third-order valence-corrected chi connectivity index (χ3v) is 5.39. The molecule has 2 aromatic rings. The highest BCUT2D eigenvalue weighted by atomic mass is 32.1. The van der Waals surface area contributed by atoms with Gasteiger partial charge in [-0.3, -0.25) is 4.99 Å². The molecular weight excluding hydrogens is 348 g/mol. The number of hydrogen-bond acceptors (Lipinski definition) is 5. The second-order valence-corrected chi connectivity index (χ2v) is 7.26. The molecule has 26 heavy (non-hydrogen) atoms. The predicted molar refractivity (Wildman–Crippen MR) is 107 cm³/mol. The Bertz CT molecular complexity index is 635. The molecule has 0 radical (unpaired) electrons. The zero-order valence-electron chi connectivity index (χ0n) is 15.3. The van der Waals surface area contributed by atoms with Gasteiger partial charge in [-0.15, -0.1) is 11.3 Å². The Labute approximate surface area is 159 Å². The number of aliphatic imine (C=N–C) groups is 1. The average Bonchev–Trinajstić information content (AvgIpc) is 3.36. The summed E-state index contributed by atoms with van der Waals surface area (Å²) in [6.45, 7) is 4.23. The normalized spacial score (nSPS) is 16.0. The van der Waals surface area contributed by atoms with E-state index in [4.69, 9.17) is 9.15 Å². The number of guanidine groups is 1. The van der Waals surface area contributed by atoms with Crippen LogP contribution >= 0.6 is 11.3 Å². The van der Waals surface area contributed by atoms with E-state index in [1.165, 1.54) is 5.00 Å². The van der Waals surface area contributed by atoms with Gasteiger partial charge in [0.05, 0.1) is 24.4 Å². The highest BCUT2D eigenvalue weighted by Gasteiger charge is 2.20. The average molecular weight is 377 g/mol. The lowest BCUT2D eigenvalue weighted by atomic mass is 10.1. The summed E-state index contributed by atoms with van der Waals surface area (Å²) < 4.78 is 10.5. The van der Waals surface area contributed by atoms with Gasteiger partial charge in [-0.2, -0.15) is 0 Å². The summed E-state index contributed by atoms with van der Waals surface area (Å²) in [4.78, 5) is 7.09. The van der Waals surface area contributed by atoms with E-state index >= 15 is 0 Å². The van der Waals surface area contributed by atoms with Crippen molar-refractivity contribution in [3.05, 3.63) is 41.7 Å². The lowest BCUT2D eigenvalue weighted by Crippen LogP contribution is -2.49.